The Kier molecular flexibility index (Phi) is 4.29. The fourth-order valence-electron chi connectivity index (χ4n) is 2.28. The van der Waals surface area contributed by atoms with Crippen molar-refractivity contribution in [1.29, 1.82) is 0 Å². The number of aryl methyl sites for hydroxylation is 2. The minimum Gasteiger partial charge on any atom is -0.342 e. The molecule has 0 aliphatic carbocycles. The quantitative estimate of drug-likeness (QED) is 0.775. The first-order valence-corrected chi connectivity index (χ1v) is 7.57. The molecule has 3 rings (SSSR count). The van der Waals surface area contributed by atoms with Gasteiger partial charge < -0.3 is 9.88 Å². The molecule has 3 aromatic rings. The maximum absolute atomic E-state index is 12.2. The van der Waals surface area contributed by atoms with Crippen molar-refractivity contribution < 1.29 is 9.42 Å². The zero-order valence-electron chi connectivity index (χ0n) is 12.8. The maximum atomic E-state index is 12.2. The molecule has 2 aromatic heterocycles. The summed E-state index contributed by atoms with van der Waals surface area (Å²) in [6, 6.07) is 5.47. The number of hydrogen-bond acceptors (Lipinski definition) is 5. The van der Waals surface area contributed by atoms with Gasteiger partial charge in [0.25, 0.3) is 0 Å². The first-order chi connectivity index (χ1) is 11.0. The van der Waals surface area contributed by atoms with E-state index in [1.807, 2.05) is 12.1 Å². The van der Waals surface area contributed by atoms with Gasteiger partial charge in [0.1, 0.15) is 17.2 Å². The van der Waals surface area contributed by atoms with Crippen molar-refractivity contribution in [3.8, 4) is 0 Å². The number of fused-ring (bicyclic) bond motifs is 1. The van der Waals surface area contributed by atoms with E-state index in [1.54, 1.807) is 24.9 Å². The Morgan fingerprint density at radius 2 is 2.22 bits per heavy atom. The molecule has 8 heteroatoms. The number of aromatic amines is 1. The minimum absolute atomic E-state index is 0.00545. The molecule has 1 amide bonds. The molecule has 120 valence electrons. The molecule has 0 aliphatic rings. The largest absolute Gasteiger partial charge is 0.342 e. The third kappa shape index (κ3) is 3.50. The average molecular weight is 334 g/mol. The number of H-pyrrole nitrogens is 1. The molecule has 7 nitrogen and oxygen atoms in total. The van der Waals surface area contributed by atoms with Crippen molar-refractivity contribution in [3.05, 3.63) is 40.4 Å². The van der Waals surface area contributed by atoms with Crippen LogP contribution in [0.15, 0.2) is 22.8 Å². The lowest BCUT2D eigenvalue weighted by Gasteiger charge is -2.15. The summed E-state index contributed by atoms with van der Waals surface area (Å²) < 4.78 is 4.63. The molecular weight excluding hydrogens is 318 g/mol. The maximum Gasteiger partial charge on any atom is 0.223 e. The monoisotopic (exact) mass is 333 g/mol. The number of benzene rings is 1. The molecule has 0 bridgehead atoms. The SMILES string of the molecule is Cc1nonc1CN(C)C(=O)CCc1nc2ccc(Cl)cc2[nH]1. The van der Waals surface area contributed by atoms with Crippen molar-refractivity contribution in [1.82, 2.24) is 25.2 Å². The van der Waals surface area contributed by atoms with Crippen molar-refractivity contribution in [3.63, 3.8) is 0 Å². The van der Waals surface area contributed by atoms with E-state index < -0.39 is 0 Å². The number of imidazole rings is 1. The highest BCUT2D eigenvalue weighted by Gasteiger charge is 2.14. The second-order valence-corrected chi connectivity index (χ2v) is 5.83. The number of hydrogen-bond donors (Lipinski definition) is 1. The van der Waals surface area contributed by atoms with Crippen LogP contribution in [0.5, 0.6) is 0 Å². The highest BCUT2D eigenvalue weighted by molar-refractivity contribution is 6.31. The molecule has 0 fully saturated rings. The van der Waals surface area contributed by atoms with E-state index in [9.17, 15) is 4.79 Å². The Balaban J connectivity index is 1.60. The van der Waals surface area contributed by atoms with Gasteiger partial charge in [-0.2, -0.15) is 0 Å². The molecule has 1 aromatic carbocycles. The number of amides is 1. The van der Waals surface area contributed by atoms with Gasteiger partial charge in [0.15, 0.2) is 0 Å². The first kappa shape index (κ1) is 15.5. The van der Waals surface area contributed by atoms with Gasteiger partial charge in [-0.15, -0.1) is 0 Å². The Hall–Kier alpha value is -2.41. The second kappa shape index (κ2) is 6.37. The van der Waals surface area contributed by atoms with E-state index in [0.717, 1.165) is 16.9 Å². The van der Waals surface area contributed by atoms with Crippen LogP contribution in [0.25, 0.3) is 11.0 Å². The fourth-order valence-corrected chi connectivity index (χ4v) is 2.45. The van der Waals surface area contributed by atoms with Gasteiger partial charge >= 0.3 is 0 Å². The summed E-state index contributed by atoms with van der Waals surface area (Å²) in [5.74, 6) is 0.772. The standard InChI is InChI=1S/C15H16ClN5O2/c1-9-13(20-23-19-9)8-21(2)15(22)6-5-14-17-11-4-3-10(16)7-12(11)18-14/h3-4,7H,5-6,8H2,1-2H3,(H,17,18). The molecule has 0 spiro atoms. The number of aromatic nitrogens is 4. The van der Waals surface area contributed by atoms with E-state index in [4.69, 9.17) is 11.6 Å². The number of carbonyl (C=O) groups is 1. The molecule has 0 saturated carbocycles. The molecule has 0 saturated heterocycles. The summed E-state index contributed by atoms with van der Waals surface area (Å²) in [6.45, 7) is 2.17. The summed E-state index contributed by atoms with van der Waals surface area (Å²) in [5, 5.41) is 8.14. The van der Waals surface area contributed by atoms with E-state index >= 15 is 0 Å². The number of carbonyl (C=O) groups excluding carboxylic acids is 1. The summed E-state index contributed by atoms with van der Waals surface area (Å²) in [4.78, 5) is 21.4. The number of rotatable bonds is 5. The topological polar surface area (TPSA) is 87.9 Å². The van der Waals surface area contributed by atoms with Crippen LogP contribution in [-0.2, 0) is 17.8 Å². The third-order valence-corrected chi connectivity index (χ3v) is 3.86. The predicted molar refractivity (Wildman–Crippen MR) is 84.9 cm³/mol. The van der Waals surface area contributed by atoms with Crippen LogP contribution in [0.3, 0.4) is 0 Å². The van der Waals surface area contributed by atoms with Crippen LogP contribution in [0, 0.1) is 6.92 Å². The lowest BCUT2D eigenvalue weighted by molar-refractivity contribution is -0.130. The van der Waals surface area contributed by atoms with E-state index in [1.165, 1.54) is 0 Å². The predicted octanol–water partition coefficient (Wildman–Crippen LogP) is 2.50. The van der Waals surface area contributed by atoms with E-state index in [2.05, 4.69) is 24.9 Å². The molecule has 0 radical (unpaired) electrons. The van der Waals surface area contributed by atoms with Gasteiger partial charge in [0, 0.05) is 24.9 Å². The fraction of sp³-hybridized carbons (Fsp3) is 0.333. The second-order valence-electron chi connectivity index (χ2n) is 5.39. The number of nitrogens with zero attached hydrogens (tertiary/aromatic N) is 4. The lowest BCUT2D eigenvalue weighted by atomic mass is 10.2. The van der Waals surface area contributed by atoms with Crippen LogP contribution in [0.4, 0.5) is 0 Å². The van der Waals surface area contributed by atoms with Gasteiger partial charge in [-0.05, 0) is 25.1 Å². The van der Waals surface area contributed by atoms with Crippen molar-refractivity contribution >= 4 is 28.5 Å². The molecule has 23 heavy (non-hydrogen) atoms. The summed E-state index contributed by atoms with van der Waals surface area (Å²) in [6.07, 6.45) is 0.889. The van der Waals surface area contributed by atoms with Crippen LogP contribution >= 0.6 is 11.6 Å². The Morgan fingerprint density at radius 3 is 2.96 bits per heavy atom. The highest BCUT2D eigenvalue weighted by atomic mass is 35.5. The third-order valence-electron chi connectivity index (χ3n) is 3.63. The van der Waals surface area contributed by atoms with E-state index in [0.29, 0.717) is 35.8 Å². The number of halogens is 1. The zero-order chi connectivity index (χ0) is 16.4. The Morgan fingerprint density at radius 1 is 1.39 bits per heavy atom. The molecule has 0 aliphatic heterocycles. The van der Waals surface area contributed by atoms with Crippen molar-refractivity contribution in [2.24, 2.45) is 0 Å². The molecule has 2 heterocycles. The first-order valence-electron chi connectivity index (χ1n) is 7.19. The lowest BCUT2D eigenvalue weighted by Crippen LogP contribution is -2.27. The van der Waals surface area contributed by atoms with Crippen LogP contribution in [-0.4, -0.2) is 38.1 Å². The highest BCUT2D eigenvalue weighted by Crippen LogP contribution is 2.18. The molecule has 1 N–H and O–H groups in total. The van der Waals surface area contributed by atoms with Gasteiger partial charge in [0.05, 0.1) is 17.6 Å². The van der Waals surface area contributed by atoms with Crippen LogP contribution in [0.1, 0.15) is 23.6 Å². The normalized spacial score (nSPS) is 11.1. The van der Waals surface area contributed by atoms with Crippen molar-refractivity contribution in [2.75, 3.05) is 7.05 Å². The van der Waals surface area contributed by atoms with Gasteiger partial charge in [-0.3, -0.25) is 4.79 Å². The van der Waals surface area contributed by atoms with Crippen LogP contribution in [0.2, 0.25) is 5.02 Å². The average Bonchev–Trinajstić information content (AvgIpc) is 3.10. The van der Waals surface area contributed by atoms with E-state index in [-0.39, 0.29) is 5.91 Å². The van der Waals surface area contributed by atoms with Gasteiger partial charge in [0.2, 0.25) is 5.91 Å². The minimum atomic E-state index is 0.00545. The van der Waals surface area contributed by atoms with Crippen LogP contribution < -0.4 is 0 Å². The molecule has 0 atom stereocenters. The van der Waals surface area contributed by atoms with Gasteiger partial charge in [-0.25, -0.2) is 9.61 Å². The van der Waals surface area contributed by atoms with Gasteiger partial charge in [-0.1, -0.05) is 21.9 Å². The summed E-state index contributed by atoms with van der Waals surface area (Å²) >= 11 is 5.95. The summed E-state index contributed by atoms with van der Waals surface area (Å²) in [7, 11) is 1.73. The Bertz CT molecular complexity index is 841. The molecule has 0 unspecified atom stereocenters. The Labute approximate surface area is 137 Å². The smallest absolute Gasteiger partial charge is 0.223 e. The zero-order valence-corrected chi connectivity index (χ0v) is 13.6. The summed E-state index contributed by atoms with van der Waals surface area (Å²) in [5.41, 5.74) is 3.07. The molecular formula is C15H16ClN5O2. The number of nitrogens with one attached hydrogen (secondary N) is 1. The van der Waals surface area contributed by atoms with Crippen molar-refractivity contribution in [2.45, 2.75) is 26.3 Å².